The zero-order valence-corrected chi connectivity index (χ0v) is 25.7. The second-order valence-corrected chi connectivity index (χ2v) is 11.2. The topological polar surface area (TPSA) is 29.1 Å². The van der Waals surface area contributed by atoms with Crippen molar-refractivity contribution in [1.29, 1.82) is 0 Å². The zero-order valence-electron chi connectivity index (χ0n) is 25.0. The van der Waals surface area contributed by atoms with Gasteiger partial charge >= 0.3 is 41.5 Å². The van der Waals surface area contributed by atoms with Crippen molar-refractivity contribution in [1.82, 2.24) is 5.32 Å². The second-order valence-electron chi connectivity index (χ2n) is 11.2. The molecular formula is C26H38ClF15N2O. The quantitative estimate of drug-likeness (QED) is 0.0904. The molecule has 1 aliphatic carbocycles. The maximum Gasteiger partial charge on any atom is 0.457 e. The number of nitrogens with one attached hydrogen (secondary N) is 1. The van der Waals surface area contributed by atoms with E-state index in [9.17, 15) is 48.7 Å². The predicted octanol–water partition coefficient (Wildman–Crippen LogP) is 6.01. The van der Waals surface area contributed by atoms with E-state index in [0.29, 0.717) is 12.8 Å². The summed E-state index contributed by atoms with van der Waals surface area (Å²) in [6, 6.07) is -3.47. The molecule has 0 saturated heterocycles. The highest BCUT2D eigenvalue weighted by atomic mass is 35.5. The van der Waals surface area contributed by atoms with E-state index in [0.717, 1.165) is 52.4 Å². The first kappa shape index (κ1) is 43.7. The highest BCUT2D eigenvalue weighted by molar-refractivity contribution is 5.75. The van der Waals surface area contributed by atoms with E-state index in [4.69, 9.17) is 0 Å². The maximum atomic E-state index is 16.1. The van der Waals surface area contributed by atoms with Gasteiger partial charge in [0, 0.05) is 6.42 Å². The van der Waals surface area contributed by atoms with Crippen LogP contribution in [0.2, 0.25) is 0 Å². The number of carbonyl (C=O) groups excluding carboxylic acids is 1. The SMILES string of the molecule is CCCCCCCCCCC(=O)NC[N+](CC)(CC)C(C)C1(F)C(F)(F)C(F)(F)C(F)(C(F)(F)C(F)(F)F)C(F)(F)C1(F)F.[Cl-]. The van der Waals surface area contributed by atoms with Crippen molar-refractivity contribution in [2.75, 3.05) is 19.8 Å². The molecule has 1 N–H and O–H groups in total. The number of hydrogen-bond donors (Lipinski definition) is 1. The third-order valence-electron chi connectivity index (χ3n) is 8.86. The Balaban J connectivity index is 0.0000194. The number of carbonyl (C=O) groups is 1. The first-order valence-corrected chi connectivity index (χ1v) is 14.2. The number of quaternary nitrogens is 1. The molecule has 3 nitrogen and oxygen atoms in total. The van der Waals surface area contributed by atoms with Crippen molar-refractivity contribution in [3.8, 4) is 0 Å². The Morgan fingerprint density at radius 3 is 1.40 bits per heavy atom. The minimum atomic E-state index is -8.33. The van der Waals surface area contributed by atoms with Crippen molar-refractivity contribution in [3.05, 3.63) is 0 Å². The van der Waals surface area contributed by atoms with E-state index < -0.39 is 83.3 Å². The molecule has 1 fully saturated rings. The monoisotopic (exact) mass is 714 g/mol. The lowest BCUT2D eigenvalue weighted by molar-refractivity contribution is -0.957. The van der Waals surface area contributed by atoms with Gasteiger partial charge in [-0.25, -0.2) is 8.78 Å². The molecule has 1 rings (SSSR count). The van der Waals surface area contributed by atoms with Crippen LogP contribution in [-0.4, -0.2) is 83.3 Å². The van der Waals surface area contributed by atoms with E-state index in [1.165, 1.54) is 0 Å². The molecule has 0 aromatic heterocycles. The molecule has 1 aliphatic rings. The lowest BCUT2D eigenvalue weighted by Crippen LogP contribution is -3.00. The number of rotatable bonds is 16. The largest absolute Gasteiger partial charge is 1.00 e. The number of alkyl halides is 15. The smallest absolute Gasteiger partial charge is 0.457 e. The Kier molecular flexibility index (Phi) is 14.0. The van der Waals surface area contributed by atoms with E-state index in [1.54, 1.807) is 0 Å². The molecule has 1 atom stereocenters. The van der Waals surface area contributed by atoms with Gasteiger partial charge in [-0.1, -0.05) is 51.9 Å². The third-order valence-corrected chi connectivity index (χ3v) is 8.86. The van der Waals surface area contributed by atoms with Crippen molar-refractivity contribution >= 4 is 5.91 Å². The van der Waals surface area contributed by atoms with Gasteiger partial charge in [0.2, 0.25) is 5.91 Å². The highest BCUT2D eigenvalue weighted by Crippen LogP contribution is 2.74. The fraction of sp³-hybridized carbons (Fsp3) is 0.962. The van der Waals surface area contributed by atoms with Gasteiger partial charge in [0.25, 0.3) is 5.67 Å². The summed E-state index contributed by atoms with van der Waals surface area (Å²) in [7, 11) is 0. The molecule has 0 heterocycles. The standard InChI is InChI=1S/C26H37F15N2O.ClH/c1-5-8-9-10-11-12-13-14-15-18(44)42-16-43(6-2,7-3)17(4)19(27)21(29,30)23(33,34)20(28,24(35,36)22(19,31)32)25(37,38)26(39,40)41;/h17H,5-16H2,1-4H3;1H. The van der Waals surface area contributed by atoms with Gasteiger partial charge in [0.15, 0.2) is 6.67 Å². The van der Waals surface area contributed by atoms with Gasteiger partial charge in [0.1, 0.15) is 6.04 Å². The van der Waals surface area contributed by atoms with E-state index in [-0.39, 0.29) is 25.8 Å². The molecule has 1 saturated carbocycles. The van der Waals surface area contributed by atoms with Crippen LogP contribution >= 0.6 is 0 Å². The predicted molar refractivity (Wildman–Crippen MR) is 130 cm³/mol. The molecule has 0 spiro atoms. The highest BCUT2D eigenvalue weighted by Gasteiger charge is 3.07. The minimum absolute atomic E-state index is 0. The van der Waals surface area contributed by atoms with Gasteiger partial charge < -0.3 is 22.2 Å². The summed E-state index contributed by atoms with van der Waals surface area (Å²) < 4.78 is 215. The van der Waals surface area contributed by atoms with E-state index in [2.05, 4.69) is 5.32 Å². The van der Waals surface area contributed by atoms with Crippen molar-refractivity contribution in [3.63, 3.8) is 0 Å². The Morgan fingerprint density at radius 1 is 0.667 bits per heavy atom. The van der Waals surface area contributed by atoms with Crippen LogP contribution in [0, 0.1) is 0 Å². The lowest BCUT2D eigenvalue weighted by atomic mass is 9.62. The Morgan fingerprint density at radius 2 is 1.04 bits per heavy atom. The van der Waals surface area contributed by atoms with Crippen LogP contribution in [0.5, 0.6) is 0 Å². The zero-order chi connectivity index (χ0) is 34.8. The molecule has 0 aliphatic heterocycles. The maximum absolute atomic E-state index is 16.1. The average molecular weight is 715 g/mol. The first-order chi connectivity index (χ1) is 19.7. The Labute approximate surface area is 257 Å². The van der Waals surface area contributed by atoms with Crippen LogP contribution in [0.1, 0.15) is 85.5 Å². The average Bonchev–Trinajstić information content (AvgIpc) is 2.92. The number of amides is 1. The summed E-state index contributed by atoms with van der Waals surface area (Å²) in [6.07, 6.45) is -1.48. The fourth-order valence-electron chi connectivity index (χ4n) is 5.66. The summed E-state index contributed by atoms with van der Waals surface area (Å²) in [5.74, 6) is -40.3. The molecule has 270 valence electrons. The number of nitrogens with zero attached hydrogens (tertiary/aromatic N) is 1. The van der Waals surface area contributed by atoms with Gasteiger partial charge in [-0.3, -0.25) is 4.79 Å². The summed E-state index contributed by atoms with van der Waals surface area (Å²) >= 11 is 0. The molecule has 1 unspecified atom stereocenters. The molecule has 0 bridgehead atoms. The van der Waals surface area contributed by atoms with E-state index >= 15 is 22.0 Å². The van der Waals surface area contributed by atoms with Gasteiger partial charge in [-0.15, -0.1) is 0 Å². The molecule has 0 aromatic rings. The van der Waals surface area contributed by atoms with Crippen LogP contribution in [0.15, 0.2) is 0 Å². The number of hydrogen-bond acceptors (Lipinski definition) is 1. The van der Waals surface area contributed by atoms with Crippen molar-refractivity contribution in [2.24, 2.45) is 0 Å². The minimum Gasteiger partial charge on any atom is -1.00 e. The normalized spacial score (nSPS) is 26.6. The van der Waals surface area contributed by atoms with Gasteiger partial charge in [-0.2, -0.15) is 57.1 Å². The fourth-order valence-corrected chi connectivity index (χ4v) is 5.66. The Hall–Kier alpha value is -1.33. The second kappa shape index (κ2) is 14.4. The van der Waals surface area contributed by atoms with Crippen molar-refractivity contribution in [2.45, 2.75) is 139 Å². The molecule has 0 radical (unpaired) electrons. The lowest BCUT2D eigenvalue weighted by Gasteiger charge is -2.59. The summed E-state index contributed by atoms with van der Waals surface area (Å²) in [6.45, 7) is 1.27. The molecular weight excluding hydrogens is 677 g/mol. The van der Waals surface area contributed by atoms with Crippen LogP contribution in [0.25, 0.3) is 0 Å². The van der Waals surface area contributed by atoms with Gasteiger partial charge in [0.05, 0.1) is 13.1 Å². The van der Waals surface area contributed by atoms with Crippen LogP contribution in [0.4, 0.5) is 65.9 Å². The van der Waals surface area contributed by atoms with Crippen LogP contribution < -0.4 is 17.7 Å². The molecule has 19 heteroatoms. The van der Waals surface area contributed by atoms with Crippen molar-refractivity contribution < 1.29 is 87.5 Å². The third kappa shape index (κ3) is 6.44. The molecule has 1 amide bonds. The first-order valence-electron chi connectivity index (χ1n) is 14.2. The molecule has 45 heavy (non-hydrogen) atoms. The van der Waals surface area contributed by atoms with Crippen LogP contribution in [-0.2, 0) is 4.79 Å². The van der Waals surface area contributed by atoms with Crippen LogP contribution in [0.3, 0.4) is 0 Å². The summed E-state index contributed by atoms with van der Waals surface area (Å²) in [5, 5.41) is 2.10. The van der Waals surface area contributed by atoms with E-state index in [1.807, 2.05) is 6.92 Å². The number of halogens is 16. The summed E-state index contributed by atoms with van der Waals surface area (Å²) in [5.41, 5.74) is -15.0. The Bertz CT molecular complexity index is 942. The van der Waals surface area contributed by atoms with Gasteiger partial charge in [-0.05, 0) is 27.2 Å². The molecule has 0 aromatic carbocycles. The summed E-state index contributed by atoms with van der Waals surface area (Å²) in [4.78, 5) is 12.3. The number of unbranched alkanes of at least 4 members (excludes halogenated alkanes) is 7.